The summed E-state index contributed by atoms with van der Waals surface area (Å²) in [7, 11) is 0. The van der Waals surface area contributed by atoms with Gasteiger partial charge >= 0.3 is 6.18 Å². The number of rotatable bonds is 8. The minimum absolute atomic E-state index is 0.130. The number of carbonyl (C=O) groups excluding carboxylic acids is 2. The first-order chi connectivity index (χ1) is 15.1. The number of ether oxygens (including phenoxy) is 1. The van der Waals surface area contributed by atoms with Crippen LogP contribution < -0.4 is 15.4 Å². The molecule has 0 aromatic carbocycles. The van der Waals surface area contributed by atoms with E-state index in [1.54, 1.807) is 29.9 Å². The molecule has 0 saturated heterocycles. The summed E-state index contributed by atoms with van der Waals surface area (Å²) in [5.41, 5.74) is 1.84. The fourth-order valence-corrected chi connectivity index (χ4v) is 2.97. The SMILES string of the molecule is CC(=O)NCCNC(=O)c1nccc2nn(Cc3cc(C)nc(OCC(F)(F)F)c3)cc12. The normalized spacial score (nSPS) is 11.4. The maximum atomic E-state index is 12.5. The highest BCUT2D eigenvalue weighted by molar-refractivity contribution is 6.04. The average molecular weight is 450 g/mol. The van der Waals surface area contributed by atoms with E-state index in [1.165, 1.54) is 19.2 Å². The Morgan fingerprint density at radius 1 is 1.19 bits per heavy atom. The van der Waals surface area contributed by atoms with E-state index in [2.05, 4.69) is 25.7 Å². The predicted molar refractivity (Wildman–Crippen MR) is 108 cm³/mol. The third kappa shape index (κ3) is 6.40. The number of hydrogen-bond donors (Lipinski definition) is 2. The molecule has 0 atom stereocenters. The summed E-state index contributed by atoms with van der Waals surface area (Å²) in [4.78, 5) is 31.5. The minimum atomic E-state index is -4.46. The molecule has 12 heteroatoms. The third-order valence-corrected chi connectivity index (χ3v) is 4.20. The van der Waals surface area contributed by atoms with Crippen molar-refractivity contribution >= 4 is 22.7 Å². The largest absolute Gasteiger partial charge is 0.468 e. The van der Waals surface area contributed by atoms with E-state index in [0.29, 0.717) is 22.2 Å². The number of pyridine rings is 2. The first-order valence-corrected chi connectivity index (χ1v) is 9.62. The van der Waals surface area contributed by atoms with Crippen molar-refractivity contribution in [1.29, 1.82) is 0 Å². The van der Waals surface area contributed by atoms with E-state index in [4.69, 9.17) is 4.74 Å². The van der Waals surface area contributed by atoms with Crippen LogP contribution in [0, 0.1) is 6.92 Å². The Balaban J connectivity index is 1.75. The number of aromatic nitrogens is 4. The zero-order valence-electron chi connectivity index (χ0n) is 17.4. The Bertz CT molecular complexity index is 1130. The molecule has 3 heterocycles. The second-order valence-corrected chi connectivity index (χ2v) is 7.02. The van der Waals surface area contributed by atoms with Crippen LogP contribution in [-0.4, -0.2) is 57.4 Å². The fourth-order valence-electron chi connectivity index (χ4n) is 2.97. The summed E-state index contributed by atoms with van der Waals surface area (Å²) >= 11 is 0. The van der Waals surface area contributed by atoms with Gasteiger partial charge in [-0.3, -0.25) is 19.3 Å². The van der Waals surface area contributed by atoms with Gasteiger partial charge < -0.3 is 15.4 Å². The van der Waals surface area contributed by atoms with E-state index in [9.17, 15) is 22.8 Å². The molecular weight excluding hydrogens is 429 g/mol. The smallest absolute Gasteiger partial charge is 0.422 e. The molecule has 0 bridgehead atoms. The monoisotopic (exact) mass is 450 g/mol. The number of hydrogen-bond acceptors (Lipinski definition) is 6. The molecule has 32 heavy (non-hydrogen) atoms. The zero-order valence-corrected chi connectivity index (χ0v) is 17.4. The van der Waals surface area contributed by atoms with Crippen LogP contribution in [0.25, 0.3) is 10.9 Å². The second kappa shape index (κ2) is 9.62. The highest BCUT2D eigenvalue weighted by Gasteiger charge is 2.28. The quantitative estimate of drug-likeness (QED) is 0.508. The van der Waals surface area contributed by atoms with Crippen LogP contribution in [0.4, 0.5) is 13.2 Å². The topological polar surface area (TPSA) is 111 Å². The molecule has 0 unspecified atom stereocenters. The van der Waals surface area contributed by atoms with Gasteiger partial charge in [-0.15, -0.1) is 0 Å². The molecule has 0 aliphatic rings. The highest BCUT2D eigenvalue weighted by Crippen LogP contribution is 2.20. The van der Waals surface area contributed by atoms with Crippen molar-refractivity contribution in [2.75, 3.05) is 19.7 Å². The van der Waals surface area contributed by atoms with Gasteiger partial charge in [-0.1, -0.05) is 0 Å². The van der Waals surface area contributed by atoms with Gasteiger partial charge in [-0.05, 0) is 24.6 Å². The molecule has 0 aliphatic carbocycles. The van der Waals surface area contributed by atoms with Gasteiger partial charge in [0.15, 0.2) is 6.61 Å². The lowest BCUT2D eigenvalue weighted by atomic mass is 10.2. The van der Waals surface area contributed by atoms with E-state index in [1.807, 2.05) is 0 Å². The fraction of sp³-hybridized carbons (Fsp3) is 0.350. The van der Waals surface area contributed by atoms with E-state index >= 15 is 0 Å². The summed E-state index contributed by atoms with van der Waals surface area (Å²) in [5, 5.41) is 10.2. The lowest BCUT2D eigenvalue weighted by molar-refractivity contribution is -0.154. The summed E-state index contributed by atoms with van der Waals surface area (Å²) in [6, 6.07) is 4.77. The Morgan fingerprint density at radius 2 is 1.94 bits per heavy atom. The molecule has 2 amide bonds. The van der Waals surface area contributed by atoms with Crippen molar-refractivity contribution in [3.05, 3.63) is 47.5 Å². The zero-order chi connectivity index (χ0) is 23.3. The second-order valence-electron chi connectivity index (χ2n) is 7.02. The van der Waals surface area contributed by atoms with Crippen LogP contribution in [0.3, 0.4) is 0 Å². The van der Waals surface area contributed by atoms with Crippen molar-refractivity contribution < 1.29 is 27.5 Å². The molecule has 0 fully saturated rings. The maximum absolute atomic E-state index is 12.5. The number of amides is 2. The van der Waals surface area contributed by atoms with Gasteiger partial charge in [0.05, 0.1) is 17.4 Å². The van der Waals surface area contributed by atoms with Crippen molar-refractivity contribution in [3.8, 4) is 5.88 Å². The number of nitrogens with zero attached hydrogens (tertiary/aromatic N) is 4. The molecule has 2 N–H and O–H groups in total. The van der Waals surface area contributed by atoms with Gasteiger partial charge in [0.25, 0.3) is 5.91 Å². The first-order valence-electron chi connectivity index (χ1n) is 9.62. The molecule has 0 spiro atoms. The molecule has 170 valence electrons. The molecule has 0 aliphatic heterocycles. The lowest BCUT2D eigenvalue weighted by Crippen LogP contribution is -2.34. The minimum Gasteiger partial charge on any atom is -0.468 e. The average Bonchev–Trinajstić information content (AvgIpc) is 3.10. The standard InChI is InChI=1S/C20H21F3N6O3/c1-12-7-14(8-17(27-12)32-11-20(21,22)23)9-29-10-15-16(28-29)3-4-25-18(15)19(31)26-6-5-24-13(2)30/h3-4,7-8,10H,5-6,9,11H2,1-2H3,(H,24,30)(H,26,31). The number of alkyl halides is 3. The molecule has 0 radical (unpaired) electrons. The van der Waals surface area contributed by atoms with Crippen LogP contribution in [-0.2, 0) is 11.3 Å². The van der Waals surface area contributed by atoms with Gasteiger partial charge in [0.1, 0.15) is 5.69 Å². The van der Waals surface area contributed by atoms with Crippen LogP contribution in [0.5, 0.6) is 5.88 Å². The Kier molecular flexibility index (Phi) is 6.91. The van der Waals surface area contributed by atoms with Crippen molar-refractivity contribution in [3.63, 3.8) is 0 Å². The number of fused-ring (bicyclic) bond motifs is 1. The lowest BCUT2D eigenvalue weighted by Gasteiger charge is -2.10. The van der Waals surface area contributed by atoms with Crippen LogP contribution >= 0.6 is 0 Å². The number of nitrogens with one attached hydrogen (secondary N) is 2. The molecule has 9 nitrogen and oxygen atoms in total. The van der Waals surface area contributed by atoms with E-state index in [-0.39, 0.29) is 37.1 Å². The Morgan fingerprint density at radius 3 is 2.66 bits per heavy atom. The molecule has 3 aromatic heterocycles. The number of halogens is 3. The number of carbonyl (C=O) groups is 2. The summed E-state index contributed by atoms with van der Waals surface area (Å²) in [6.45, 7) is 2.35. The molecular formula is C20H21F3N6O3. The first kappa shape index (κ1) is 23.0. The maximum Gasteiger partial charge on any atom is 0.422 e. The summed E-state index contributed by atoms with van der Waals surface area (Å²) < 4.78 is 43.6. The van der Waals surface area contributed by atoms with Gasteiger partial charge in [-0.2, -0.15) is 18.3 Å². The Labute approximate surface area is 181 Å². The molecule has 0 saturated carbocycles. The highest BCUT2D eigenvalue weighted by atomic mass is 19.4. The summed E-state index contributed by atoms with van der Waals surface area (Å²) in [6.07, 6.45) is -1.36. The van der Waals surface area contributed by atoms with Gasteiger partial charge in [0.2, 0.25) is 11.8 Å². The van der Waals surface area contributed by atoms with E-state index < -0.39 is 18.7 Å². The predicted octanol–water partition coefficient (Wildman–Crippen LogP) is 1.99. The van der Waals surface area contributed by atoms with Crippen LogP contribution in [0.15, 0.2) is 30.6 Å². The van der Waals surface area contributed by atoms with Gasteiger partial charge in [0, 0.05) is 44.2 Å². The summed E-state index contributed by atoms with van der Waals surface area (Å²) in [5.74, 6) is -0.739. The number of aryl methyl sites for hydroxylation is 1. The van der Waals surface area contributed by atoms with Crippen molar-refractivity contribution in [2.45, 2.75) is 26.6 Å². The molecule has 3 rings (SSSR count). The van der Waals surface area contributed by atoms with Crippen molar-refractivity contribution in [2.24, 2.45) is 0 Å². The van der Waals surface area contributed by atoms with Gasteiger partial charge in [-0.25, -0.2) is 4.98 Å². The third-order valence-electron chi connectivity index (χ3n) is 4.20. The van der Waals surface area contributed by atoms with Crippen LogP contribution in [0.2, 0.25) is 0 Å². The van der Waals surface area contributed by atoms with E-state index in [0.717, 1.165) is 0 Å². The Hall–Kier alpha value is -3.70. The van der Waals surface area contributed by atoms with Crippen molar-refractivity contribution in [1.82, 2.24) is 30.4 Å². The molecule has 3 aromatic rings. The van der Waals surface area contributed by atoms with Crippen LogP contribution in [0.1, 0.15) is 28.7 Å².